The van der Waals surface area contributed by atoms with Gasteiger partial charge in [0.25, 0.3) is 0 Å². The number of alkyl halides is 1. The Morgan fingerprint density at radius 3 is 2.58 bits per heavy atom. The highest BCUT2D eigenvalue weighted by molar-refractivity contribution is 6.20. The van der Waals surface area contributed by atoms with E-state index in [0.29, 0.717) is 11.5 Å². The van der Waals surface area contributed by atoms with Crippen LogP contribution >= 0.6 is 11.6 Å². The van der Waals surface area contributed by atoms with Crippen LogP contribution in [-0.4, -0.2) is 11.1 Å². The zero-order valence-corrected chi connectivity index (χ0v) is 7.55. The van der Waals surface area contributed by atoms with Gasteiger partial charge >= 0.3 is 5.97 Å². The normalized spacial score (nSPS) is 12.9. The number of hydrogen-bond donors (Lipinski definition) is 1. The van der Waals surface area contributed by atoms with Crippen molar-refractivity contribution in [3.05, 3.63) is 23.2 Å². The highest BCUT2D eigenvalue weighted by atomic mass is 35.5. The summed E-state index contributed by atoms with van der Waals surface area (Å²) in [4.78, 5) is 10.6. The topological polar surface area (TPSA) is 50.4 Å². The fourth-order valence-corrected chi connectivity index (χ4v) is 1.02. The molecule has 3 nitrogen and oxygen atoms in total. The first-order valence-electron chi connectivity index (χ1n) is 3.50. The SMILES string of the molecule is Cc1oc([C@@H](C)Cl)cc1C(=O)O. The van der Waals surface area contributed by atoms with Crippen molar-refractivity contribution < 1.29 is 14.3 Å². The molecule has 0 unspecified atom stereocenters. The molecule has 0 saturated carbocycles. The molecule has 0 aliphatic rings. The van der Waals surface area contributed by atoms with Gasteiger partial charge in [0, 0.05) is 0 Å². The van der Waals surface area contributed by atoms with Crippen molar-refractivity contribution in [3.63, 3.8) is 0 Å². The van der Waals surface area contributed by atoms with Crippen LogP contribution in [0.5, 0.6) is 0 Å². The van der Waals surface area contributed by atoms with Crippen molar-refractivity contribution in [2.45, 2.75) is 19.2 Å². The monoisotopic (exact) mass is 188 g/mol. The van der Waals surface area contributed by atoms with E-state index in [0.717, 1.165) is 0 Å². The highest BCUT2D eigenvalue weighted by Gasteiger charge is 2.15. The van der Waals surface area contributed by atoms with E-state index in [4.69, 9.17) is 21.1 Å². The van der Waals surface area contributed by atoms with Crippen LogP contribution in [0, 0.1) is 6.92 Å². The number of carboxylic acid groups (broad SMARTS) is 1. The Balaban J connectivity index is 3.09. The van der Waals surface area contributed by atoms with E-state index in [1.165, 1.54) is 6.07 Å². The first kappa shape index (κ1) is 9.13. The van der Waals surface area contributed by atoms with E-state index in [1.54, 1.807) is 13.8 Å². The summed E-state index contributed by atoms with van der Waals surface area (Å²) in [7, 11) is 0. The second-order valence-corrected chi connectivity index (χ2v) is 3.19. The lowest BCUT2D eigenvalue weighted by Crippen LogP contribution is -1.94. The third-order valence-corrected chi connectivity index (χ3v) is 1.77. The van der Waals surface area contributed by atoms with E-state index in [1.807, 2.05) is 0 Å². The van der Waals surface area contributed by atoms with Crippen LogP contribution in [0.15, 0.2) is 10.5 Å². The third kappa shape index (κ3) is 1.61. The van der Waals surface area contributed by atoms with Crippen LogP contribution in [0.3, 0.4) is 0 Å². The maximum Gasteiger partial charge on any atom is 0.339 e. The van der Waals surface area contributed by atoms with Gasteiger partial charge in [-0.05, 0) is 19.9 Å². The quantitative estimate of drug-likeness (QED) is 0.726. The van der Waals surface area contributed by atoms with Gasteiger partial charge in [0.2, 0.25) is 0 Å². The Bertz CT molecular complexity index is 301. The van der Waals surface area contributed by atoms with Crippen molar-refractivity contribution >= 4 is 17.6 Å². The lowest BCUT2D eigenvalue weighted by Gasteiger charge is -1.93. The Kier molecular flexibility index (Phi) is 2.43. The molecule has 1 aromatic heterocycles. The Hall–Kier alpha value is -0.960. The van der Waals surface area contributed by atoms with E-state index >= 15 is 0 Å². The molecule has 0 aromatic carbocycles. The summed E-state index contributed by atoms with van der Waals surface area (Å²) in [5.41, 5.74) is 0.178. The fourth-order valence-electron chi connectivity index (χ4n) is 0.913. The molecule has 66 valence electrons. The zero-order valence-electron chi connectivity index (χ0n) is 6.80. The second kappa shape index (κ2) is 3.19. The molecule has 0 radical (unpaired) electrons. The summed E-state index contributed by atoms with van der Waals surface area (Å²) >= 11 is 5.71. The molecule has 0 saturated heterocycles. The van der Waals surface area contributed by atoms with Gasteiger partial charge in [0.1, 0.15) is 17.1 Å². The van der Waals surface area contributed by atoms with Crippen LogP contribution in [0.2, 0.25) is 0 Å². The molecule has 0 fully saturated rings. The smallest absolute Gasteiger partial charge is 0.339 e. The maximum atomic E-state index is 10.6. The number of furan rings is 1. The molecule has 4 heteroatoms. The largest absolute Gasteiger partial charge is 0.478 e. The first-order valence-corrected chi connectivity index (χ1v) is 3.93. The van der Waals surface area contributed by atoms with E-state index in [-0.39, 0.29) is 10.9 Å². The average molecular weight is 189 g/mol. The molecule has 1 N–H and O–H groups in total. The standard InChI is InChI=1S/C8H9ClO3/c1-4(9)7-3-6(8(10)11)5(2)12-7/h3-4H,1-2H3,(H,10,11)/t4-/m1/s1. The summed E-state index contributed by atoms with van der Waals surface area (Å²) in [5.74, 6) is -0.101. The molecular formula is C8H9ClO3. The molecule has 0 bridgehead atoms. The lowest BCUT2D eigenvalue weighted by molar-refractivity contribution is 0.0695. The number of aryl methyl sites for hydroxylation is 1. The number of halogens is 1. The van der Waals surface area contributed by atoms with Crippen LogP contribution in [0.25, 0.3) is 0 Å². The van der Waals surface area contributed by atoms with Crippen molar-refractivity contribution in [1.29, 1.82) is 0 Å². The van der Waals surface area contributed by atoms with Crippen molar-refractivity contribution in [3.8, 4) is 0 Å². The maximum absolute atomic E-state index is 10.6. The number of rotatable bonds is 2. The summed E-state index contributed by atoms with van der Waals surface area (Å²) in [6, 6.07) is 1.45. The second-order valence-electron chi connectivity index (χ2n) is 2.54. The fraction of sp³-hybridized carbons (Fsp3) is 0.375. The minimum atomic E-state index is -0.986. The van der Waals surface area contributed by atoms with Gasteiger partial charge in [-0.15, -0.1) is 11.6 Å². The number of hydrogen-bond acceptors (Lipinski definition) is 2. The minimum absolute atomic E-state index is 0.178. The molecule has 0 aliphatic carbocycles. The van der Waals surface area contributed by atoms with Crippen LogP contribution in [0.4, 0.5) is 0 Å². The number of aromatic carboxylic acids is 1. The molecule has 1 atom stereocenters. The summed E-state index contributed by atoms with van der Waals surface area (Å²) in [6.45, 7) is 3.33. The van der Waals surface area contributed by atoms with Gasteiger partial charge in [-0.1, -0.05) is 0 Å². The predicted octanol–water partition coefficient (Wildman–Crippen LogP) is 2.59. The number of carboxylic acids is 1. The molecule has 12 heavy (non-hydrogen) atoms. The van der Waals surface area contributed by atoms with E-state index < -0.39 is 5.97 Å². The molecule has 0 aliphatic heterocycles. The van der Waals surface area contributed by atoms with Crippen LogP contribution < -0.4 is 0 Å². The summed E-state index contributed by atoms with van der Waals surface area (Å²) in [6.07, 6.45) is 0. The summed E-state index contributed by atoms with van der Waals surface area (Å²) < 4.78 is 5.12. The number of carbonyl (C=O) groups is 1. The predicted molar refractivity (Wildman–Crippen MR) is 44.7 cm³/mol. The van der Waals surface area contributed by atoms with Gasteiger partial charge in [0.05, 0.1) is 5.38 Å². The highest BCUT2D eigenvalue weighted by Crippen LogP contribution is 2.24. The molecule has 0 amide bonds. The van der Waals surface area contributed by atoms with Crippen molar-refractivity contribution in [2.75, 3.05) is 0 Å². The van der Waals surface area contributed by atoms with Crippen LogP contribution in [0.1, 0.15) is 34.2 Å². The van der Waals surface area contributed by atoms with Crippen LogP contribution in [-0.2, 0) is 0 Å². The Morgan fingerprint density at radius 1 is 1.75 bits per heavy atom. The van der Waals surface area contributed by atoms with Gasteiger partial charge < -0.3 is 9.52 Å². The Morgan fingerprint density at radius 2 is 2.33 bits per heavy atom. The first-order chi connectivity index (χ1) is 5.52. The van der Waals surface area contributed by atoms with Gasteiger partial charge in [-0.3, -0.25) is 0 Å². The average Bonchev–Trinajstić information content (AvgIpc) is 2.30. The summed E-state index contributed by atoms with van der Waals surface area (Å²) in [5, 5.41) is 8.36. The van der Waals surface area contributed by atoms with Gasteiger partial charge in [0.15, 0.2) is 0 Å². The molecule has 1 aromatic rings. The van der Waals surface area contributed by atoms with Crippen molar-refractivity contribution in [1.82, 2.24) is 0 Å². The molecule has 0 spiro atoms. The van der Waals surface area contributed by atoms with Gasteiger partial charge in [-0.25, -0.2) is 4.79 Å². The van der Waals surface area contributed by atoms with E-state index in [2.05, 4.69) is 0 Å². The minimum Gasteiger partial charge on any atom is -0.478 e. The van der Waals surface area contributed by atoms with E-state index in [9.17, 15) is 4.79 Å². The molecule has 1 heterocycles. The van der Waals surface area contributed by atoms with Gasteiger partial charge in [-0.2, -0.15) is 0 Å². The van der Waals surface area contributed by atoms with Crippen molar-refractivity contribution in [2.24, 2.45) is 0 Å². The molecular weight excluding hydrogens is 180 g/mol. The zero-order chi connectivity index (χ0) is 9.30. The molecule has 1 rings (SSSR count). The third-order valence-electron chi connectivity index (χ3n) is 1.56. The lowest BCUT2D eigenvalue weighted by atomic mass is 10.2. The Labute approximate surface area is 74.9 Å².